The van der Waals surface area contributed by atoms with E-state index in [9.17, 15) is 18.0 Å². The molecule has 1 heterocycles. The van der Waals surface area contributed by atoms with Crippen LogP contribution >= 0.6 is 12.2 Å². The summed E-state index contributed by atoms with van der Waals surface area (Å²) in [6, 6.07) is -0.446. The number of nitrogens with one attached hydrogen (secondary N) is 1. The lowest BCUT2D eigenvalue weighted by molar-refractivity contribution is -0.145. The number of nitrogens with two attached hydrogens (primary N) is 1. The Labute approximate surface area is 111 Å². The molecule has 1 rings (SSSR count). The van der Waals surface area contributed by atoms with Crippen LogP contribution in [-0.4, -0.2) is 61.3 Å². The van der Waals surface area contributed by atoms with Crippen molar-refractivity contribution in [3.8, 4) is 0 Å². The first kappa shape index (κ1) is 14.8. The molecule has 3 N–H and O–H groups in total. The molecule has 1 aliphatic heterocycles. The molecule has 1 fully saturated rings. The summed E-state index contributed by atoms with van der Waals surface area (Å²) in [7, 11) is -1.68. The highest BCUT2D eigenvalue weighted by Crippen LogP contribution is 2.16. The molecule has 9 heteroatoms. The Morgan fingerprint density at radius 3 is 2.56 bits per heavy atom. The van der Waals surface area contributed by atoms with E-state index >= 15 is 0 Å². The van der Waals surface area contributed by atoms with Gasteiger partial charge in [0.05, 0.1) is 23.0 Å². The monoisotopic (exact) mass is 293 g/mol. The molecule has 0 radical (unpaired) electrons. The van der Waals surface area contributed by atoms with Gasteiger partial charge in [-0.1, -0.05) is 12.2 Å². The van der Waals surface area contributed by atoms with Crippen molar-refractivity contribution in [1.82, 2.24) is 10.2 Å². The topological polar surface area (TPSA) is 110 Å². The van der Waals surface area contributed by atoms with Crippen molar-refractivity contribution in [3.63, 3.8) is 0 Å². The highest BCUT2D eigenvalue weighted by atomic mass is 32.2. The van der Waals surface area contributed by atoms with Crippen molar-refractivity contribution in [2.24, 2.45) is 5.73 Å². The van der Waals surface area contributed by atoms with E-state index in [4.69, 9.17) is 5.73 Å². The van der Waals surface area contributed by atoms with Gasteiger partial charge < -0.3 is 16.0 Å². The number of rotatable bonds is 3. The van der Waals surface area contributed by atoms with E-state index in [0.717, 1.165) is 4.90 Å². The van der Waals surface area contributed by atoms with Gasteiger partial charge in [-0.2, -0.15) is 0 Å². The molecule has 0 aliphatic carbocycles. The second-order valence-electron chi connectivity index (χ2n) is 4.12. The van der Waals surface area contributed by atoms with Crippen LogP contribution in [0.1, 0.15) is 6.42 Å². The van der Waals surface area contributed by atoms with Gasteiger partial charge in [0.1, 0.15) is 0 Å². The lowest BCUT2D eigenvalue weighted by Crippen LogP contribution is -2.47. The average Bonchev–Trinajstić information content (AvgIpc) is 2.64. The number of thiocarbonyl (C=S) groups is 1. The molecule has 18 heavy (non-hydrogen) atoms. The first-order valence-corrected chi connectivity index (χ1v) is 7.49. The number of carbonyl (C=O) groups excluding carboxylic acids is 2. The van der Waals surface area contributed by atoms with Crippen LogP contribution in [0.25, 0.3) is 0 Å². The largest absolute Gasteiger partial charge is 0.392 e. The molecule has 1 unspecified atom stereocenters. The molecular formula is C9H15N3O4S2. The van der Waals surface area contributed by atoms with E-state index in [2.05, 4.69) is 17.5 Å². The number of hydrogen-bond donors (Lipinski definition) is 2. The van der Waals surface area contributed by atoms with Crippen molar-refractivity contribution in [3.05, 3.63) is 0 Å². The third-order valence-electron chi connectivity index (χ3n) is 2.69. The molecule has 7 nitrogen and oxygen atoms in total. The van der Waals surface area contributed by atoms with E-state index in [1.807, 2.05) is 0 Å². The minimum Gasteiger partial charge on any atom is -0.392 e. The molecule has 0 aromatic heterocycles. The van der Waals surface area contributed by atoms with E-state index in [1.54, 1.807) is 0 Å². The maximum Gasteiger partial charge on any atom is 0.311 e. The number of carbonyl (C=O) groups is 2. The summed E-state index contributed by atoms with van der Waals surface area (Å²) < 4.78 is 22.6. The molecule has 1 aliphatic rings. The van der Waals surface area contributed by atoms with Crippen LogP contribution in [-0.2, 0) is 19.4 Å². The van der Waals surface area contributed by atoms with Gasteiger partial charge in [0.25, 0.3) is 0 Å². The Morgan fingerprint density at radius 2 is 2.11 bits per heavy atom. The zero-order valence-electron chi connectivity index (χ0n) is 9.88. The van der Waals surface area contributed by atoms with Crippen molar-refractivity contribution < 1.29 is 18.0 Å². The Bertz CT molecular complexity index is 474. The van der Waals surface area contributed by atoms with Crippen molar-refractivity contribution in [2.75, 3.05) is 25.1 Å². The zero-order valence-corrected chi connectivity index (χ0v) is 11.5. The molecule has 0 spiro atoms. The lowest BCUT2D eigenvalue weighted by Gasteiger charge is -2.22. The van der Waals surface area contributed by atoms with Gasteiger partial charge in [0, 0.05) is 13.1 Å². The van der Waals surface area contributed by atoms with Crippen LogP contribution in [0.4, 0.5) is 0 Å². The summed E-state index contributed by atoms with van der Waals surface area (Å²) in [6.07, 6.45) is 0.354. The average molecular weight is 293 g/mol. The predicted octanol–water partition coefficient (Wildman–Crippen LogP) is -1.97. The van der Waals surface area contributed by atoms with Gasteiger partial charge in [-0.05, 0) is 6.42 Å². The van der Waals surface area contributed by atoms with Crippen molar-refractivity contribution >= 4 is 38.9 Å². The van der Waals surface area contributed by atoms with E-state index in [-0.39, 0.29) is 23.0 Å². The molecule has 0 saturated carbocycles. The minimum absolute atomic E-state index is 0.0454. The van der Waals surface area contributed by atoms with Crippen molar-refractivity contribution in [1.29, 1.82) is 0 Å². The lowest BCUT2D eigenvalue weighted by atomic mass is 10.2. The van der Waals surface area contributed by atoms with Crippen molar-refractivity contribution in [2.45, 2.75) is 12.5 Å². The normalized spacial score (nSPS) is 21.3. The Morgan fingerprint density at radius 1 is 1.50 bits per heavy atom. The Balaban J connectivity index is 2.56. The predicted molar refractivity (Wildman–Crippen MR) is 69.6 cm³/mol. The molecule has 1 atom stereocenters. The third-order valence-corrected chi connectivity index (χ3v) is 4.59. The fraction of sp³-hybridized carbons (Fsp3) is 0.667. The maximum atomic E-state index is 11.7. The summed E-state index contributed by atoms with van der Waals surface area (Å²) in [5.41, 5.74) is 5.19. The van der Waals surface area contributed by atoms with Crippen LogP contribution in [0.15, 0.2) is 0 Å². The number of likely N-dealkylation sites (N-methyl/N-ethyl adjacent to an activating group) is 1. The summed E-state index contributed by atoms with van der Waals surface area (Å²) in [5, 5.41) is 2.26. The standard InChI is InChI=1S/C9H15N3O4S2/c1-12(6-2-3-18(15,16)5-6)9(14)8(13)11-4-7(10)17/h6H,2-5H2,1H3,(H2,10,17)(H,11,13). The van der Waals surface area contributed by atoms with E-state index in [0.29, 0.717) is 6.42 Å². The second-order valence-corrected chi connectivity index (χ2v) is 6.88. The summed E-state index contributed by atoms with van der Waals surface area (Å²) >= 11 is 4.56. The smallest absolute Gasteiger partial charge is 0.311 e. The highest BCUT2D eigenvalue weighted by molar-refractivity contribution is 7.91. The van der Waals surface area contributed by atoms with Gasteiger partial charge in [0.15, 0.2) is 9.84 Å². The molecule has 0 aromatic carbocycles. The quantitative estimate of drug-likeness (QED) is 0.461. The minimum atomic E-state index is -3.09. The first-order chi connectivity index (χ1) is 8.23. The summed E-state index contributed by atoms with van der Waals surface area (Å²) in [4.78, 5) is 24.4. The Kier molecular flexibility index (Phi) is 4.63. The van der Waals surface area contributed by atoms with Gasteiger partial charge in [-0.25, -0.2) is 8.42 Å². The number of nitrogens with zero attached hydrogens (tertiary/aromatic N) is 1. The molecule has 102 valence electrons. The third kappa shape index (κ3) is 3.91. The number of sulfone groups is 1. The molecule has 0 bridgehead atoms. The van der Waals surface area contributed by atoms with Gasteiger partial charge in [-0.15, -0.1) is 0 Å². The van der Waals surface area contributed by atoms with E-state index < -0.39 is 27.7 Å². The van der Waals surface area contributed by atoms with Gasteiger partial charge in [0.2, 0.25) is 0 Å². The van der Waals surface area contributed by atoms with Crippen LogP contribution < -0.4 is 11.1 Å². The Hall–Kier alpha value is -1.22. The highest BCUT2D eigenvalue weighted by Gasteiger charge is 2.34. The molecule has 2 amide bonds. The molecule has 0 aromatic rings. The first-order valence-electron chi connectivity index (χ1n) is 5.26. The number of hydrogen-bond acceptors (Lipinski definition) is 5. The summed E-state index contributed by atoms with van der Waals surface area (Å²) in [6.45, 7) is -0.0588. The fourth-order valence-electron chi connectivity index (χ4n) is 1.65. The van der Waals surface area contributed by atoms with Gasteiger partial charge in [-0.3, -0.25) is 9.59 Å². The molecular weight excluding hydrogens is 278 g/mol. The van der Waals surface area contributed by atoms with Crippen LogP contribution in [0, 0.1) is 0 Å². The molecule has 1 saturated heterocycles. The van der Waals surface area contributed by atoms with Crippen LogP contribution in [0.5, 0.6) is 0 Å². The SMILES string of the molecule is CN(C(=O)C(=O)NCC(N)=S)C1CCS(=O)(=O)C1. The van der Waals surface area contributed by atoms with E-state index in [1.165, 1.54) is 7.05 Å². The summed E-state index contributed by atoms with van der Waals surface area (Å²) in [5.74, 6) is -1.68. The number of amides is 2. The second kappa shape index (κ2) is 5.61. The van der Waals surface area contributed by atoms with Gasteiger partial charge >= 0.3 is 11.8 Å². The van der Waals surface area contributed by atoms with Crippen LogP contribution in [0.2, 0.25) is 0 Å². The zero-order chi connectivity index (χ0) is 13.9. The fourth-order valence-corrected chi connectivity index (χ4v) is 3.50. The maximum absolute atomic E-state index is 11.7. The van der Waals surface area contributed by atoms with Crippen LogP contribution in [0.3, 0.4) is 0 Å².